The fourth-order valence-electron chi connectivity index (χ4n) is 11.7. The highest BCUT2D eigenvalue weighted by Gasteiger charge is 2.71. The summed E-state index contributed by atoms with van der Waals surface area (Å²) in [5, 5.41) is 22.7. The maximum atomic E-state index is 12.3. The Hall–Kier alpha value is -1.76. The van der Waals surface area contributed by atoms with Crippen LogP contribution in [0, 0.1) is 40.4 Å². The average Bonchev–Trinajstić information content (AvgIpc) is 3.47. The molecule has 5 nitrogen and oxygen atoms in total. The van der Waals surface area contributed by atoms with Gasteiger partial charge in [0.15, 0.2) is 0 Å². The predicted octanol–water partition coefficient (Wildman–Crippen LogP) is 8.11. The molecule has 46 heavy (non-hydrogen) atoms. The molecule has 5 heteroatoms. The first-order valence-electron chi connectivity index (χ1n) is 18.3. The number of rotatable bonds is 9. The van der Waals surface area contributed by atoms with Gasteiger partial charge in [-0.2, -0.15) is 0 Å². The normalized spacial score (nSPS) is 43.4. The summed E-state index contributed by atoms with van der Waals surface area (Å²) in [6.45, 7) is 12.1. The number of ether oxygens (including phenoxy) is 3. The summed E-state index contributed by atoms with van der Waals surface area (Å²) >= 11 is 0. The van der Waals surface area contributed by atoms with Crippen molar-refractivity contribution in [2.75, 3.05) is 0 Å². The van der Waals surface area contributed by atoms with E-state index in [0.29, 0.717) is 55.8 Å². The average molecular weight is 631 g/mol. The molecule has 0 amide bonds. The van der Waals surface area contributed by atoms with Crippen LogP contribution in [0.15, 0.2) is 60.7 Å². The highest BCUT2D eigenvalue weighted by atomic mass is 16.5. The molecule has 1 aliphatic heterocycles. The van der Waals surface area contributed by atoms with Crippen LogP contribution in [0.2, 0.25) is 0 Å². The van der Waals surface area contributed by atoms with Crippen molar-refractivity contribution in [3.63, 3.8) is 0 Å². The fourth-order valence-corrected chi connectivity index (χ4v) is 11.7. The van der Waals surface area contributed by atoms with Crippen LogP contribution in [-0.4, -0.2) is 45.8 Å². The van der Waals surface area contributed by atoms with Crippen molar-refractivity contribution in [3.8, 4) is 0 Å². The molecule has 0 spiro atoms. The van der Waals surface area contributed by atoms with E-state index in [2.05, 4.69) is 74.5 Å². The van der Waals surface area contributed by atoms with E-state index in [1.807, 2.05) is 20.8 Å². The van der Waals surface area contributed by atoms with Gasteiger partial charge in [-0.05, 0) is 124 Å². The van der Waals surface area contributed by atoms with E-state index in [-0.39, 0.29) is 35.1 Å². The quantitative estimate of drug-likeness (QED) is 0.293. The summed E-state index contributed by atoms with van der Waals surface area (Å²) in [5.74, 6) is 2.31. The third kappa shape index (κ3) is 5.91. The SMILES string of the molecule is CC(C)(O)CC[C@H]1O[C@H]2C[C@H]3[C@@H]4CC[C@H]5C[C@H](OCc6ccccc6)CC[C@]5(C)[C@H]4[C@@H](OCc4ccccc4)C[C@]3(C)[C@H]2[C@@]1(C)O. The van der Waals surface area contributed by atoms with Crippen molar-refractivity contribution in [2.24, 2.45) is 40.4 Å². The second kappa shape index (κ2) is 12.3. The van der Waals surface area contributed by atoms with E-state index >= 15 is 0 Å². The zero-order valence-electron chi connectivity index (χ0n) is 28.9. The highest BCUT2D eigenvalue weighted by molar-refractivity contribution is 5.20. The Morgan fingerprint density at radius 3 is 2.15 bits per heavy atom. The molecule has 2 N–H and O–H groups in total. The molecule has 0 radical (unpaired) electrons. The van der Waals surface area contributed by atoms with Gasteiger partial charge < -0.3 is 24.4 Å². The molecule has 1 heterocycles. The molecular formula is C41H58O5. The Kier molecular flexibility index (Phi) is 8.75. The largest absolute Gasteiger partial charge is 0.390 e. The summed E-state index contributed by atoms with van der Waals surface area (Å²) in [7, 11) is 0. The van der Waals surface area contributed by atoms with Crippen LogP contribution in [0.1, 0.15) is 104 Å². The van der Waals surface area contributed by atoms with E-state index in [0.717, 1.165) is 25.7 Å². The predicted molar refractivity (Wildman–Crippen MR) is 181 cm³/mol. The topological polar surface area (TPSA) is 68.2 Å². The summed E-state index contributed by atoms with van der Waals surface area (Å²) < 4.78 is 20.4. The van der Waals surface area contributed by atoms with Gasteiger partial charge in [0.2, 0.25) is 0 Å². The van der Waals surface area contributed by atoms with Gasteiger partial charge in [-0.25, -0.2) is 0 Å². The summed E-state index contributed by atoms with van der Waals surface area (Å²) in [6, 6.07) is 21.3. The van der Waals surface area contributed by atoms with Crippen molar-refractivity contribution in [1.82, 2.24) is 0 Å². The van der Waals surface area contributed by atoms with Crippen LogP contribution in [0.3, 0.4) is 0 Å². The van der Waals surface area contributed by atoms with E-state index in [4.69, 9.17) is 14.2 Å². The van der Waals surface area contributed by atoms with Gasteiger partial charge in [0.25, 0.3) is 0 Å². The first-order valence-corrected chi connectivity index (χ1v) is 18.3. The minimum absolute atomic E-state index is 0.0562. The molecule has 5 fully saturated rings. The van der Waals surface area contributed by atoms with Crippen LogP contribution >= 0.6 is 0 Å². The maximum absolute atomic E-state index is 12.3. The Morgan fingerprint density at radius 2 is 1.50 bits per heavy atom. The van der Waals surface area contributed by atoms with Gasteiger partial charge in [-0.1, -0.05) is 74.5 Å². The Labute approximate surface area is 277 Å². The summed E-state index contributed by atoms with van der Waals surface area (Å²) in [5.41, 5.74) is 0.957. The van der Waals surface area contributed by atoms with E-state index < -0.39 is 11.2 Å². The van der Waals surface area contributed by atoms with Crippen LogP contribution in [0.25, 0.3) is 0 Å². The molecule has 12 atom stereocenters. The number of hydrogen-bond acceptors (Lipinski definition) is 5. The van der Waals surface area contributed by atoms with Gasteiger partial charge >= 0.3 is 0 Å². The lowest BCUT2D eigenvalue weighted by Gasteiger charge is -2.63. The molecular weight excluding hydrogens is 572 g/mol. The van der Waals surface area contributed by atoms with Crippen LogP contribution < -0.4 is 0 Å². The second-order valence-electron chi connectivity index (χ2n) is 17.3. The van der Waals surface area contributed by atoms with Gasteiger partial charge in [0.05, 0.1) is 48.8 Å². The van der Waals surface area contributed by atoms with Crippen molar-refractivity contribution >= 4 is 0 Å². The third-order valence-electron chi connectivity index (χ3n) is 13.8. The Balaban J connectivity index is 1.14. The standard InChI is InChI=1S/C41H58O5/c1-38(2,42)20-19-35-41(5,43)37-33(46-35)23-32-31-17-16-29-22-30(44-25-27-12-8-6-9-13-27)18-21-39(29,3)36(31)34(24-40(32,37)4)45-26-28-14-10-7-11-15-28/h6-15,29-37,42-43H,16-26H2,1-5H3/t29-,30+,31-,32-,33-,34-,35+,36+,37-,39-,40-,41-/m0/s1. The van der Waals surface area contributed by atoms with Crippen LogP contribution in [-0.2, 0) is 27.4 Å². The molecule has 0 bridgehead atoms. The number of hydrogen-bond donors (Lipinski definition) is 2. The molecule has 1 saturated heterocycles. The molecule has 0 aromatic heterocycles. The van der Waals surface area contributed by atoms with E-state index in [9.17, 15) is 10.2 Å². The van der Waals surface area contributed by atoms with Gasteiger partial charge in [-0.15, -0.1) is 0 Å². The lowest BCUT2D eigenvalue weighted by atomic mass is 9.43. The maximum Gasteiger partial charge on any atom is 0.0938 e. The van der Waals surface area contributed by atoms with Crippen molar-refractivity contribution in [3.05, 3.63) is 71.8 Å². The first-order chi connectivity index (χ1) is 21.9. The molecule has 7 rings (SSSR count). The Bertz CT molecular complexity index is 1320. The van der Waals surface area contributed by atoms with Crippen LogP contribution in [0.5, 0.6) is 0 Å². The van der Waals surface area contributed by atoms with Crippen molar-refractivity contribution in [1.29, 1.82) is 0 Å². The smallest absolute Gasteiger partial charge is 0.0938 e. The second-order valence-corrected chi connectivity index (χ2v) is 17.3. The van der Waals surface area contributed by atoms with E-state index in [1.165, 1.54) is 30.4 Å². The minimum atomic E-state index is -0.925. The molecule has 252 valence electrons. The van der Waals surface area contributed by atoms with Gasteiger partial charge in [0, 0.05) is 5.92 Å². The molecule has 2 aromatic rings. The van der Waals surface area contributed by atoms with E-state index in [1.54, 1.807) is 0 Å². The fraction of sp³-hybridized carbons (Fsp3) is 0.707. The molecule has 0 unspecified atom stereocenters. The number of aliphatic hydroxyl groups is 2. The Morgan fingerprint density at radius 1 is 0.848 bits per heavy atom. The lowest BCUT2D eigenvalue weighted by molar-refractivity contribution is -0.209. The van der Waals surface area contributed by atoms with Gasteiger partial charge in [-0.3, -0.25) is 0 Å². The highest BCUT2D eigenvalue weighted by Crippen LogP contribution is 2.71. The van der Waals surface area contributed by atoms with Crippen molar-refractivity contribution in [2.45, 2.75) is 141 Å². The number of benzene rings is 2. The number of fused-ring (bicyclic) bond motifs is 7. The zero-order valence-corrected chi connectivity index (χ0v) is 28.9. The summed E-state index contributed by atoms with van der Waals surface area (Å²) in [6.07, 6.45) is 9.52. The molecule has 5 aliphatic rings. The molecule has 4 aliphatic carbocycles. The molecule has 4 saturated carbocycles. The molecule has 2 aromatic carbocycles. The first kappa shape index (κ1) is 32.8. The third-order valence-corrected chi connectivity index (χ3v) is 13.8. The zero-order chi connectivity index (χ0) is 32.3. The van der Waals surface area contributed by atoms with Crippen LogP contribution in [0.4, 0.5) is 0 Å². The van der Waals surface area contributed by atoms with Crippen molar-refractivity contribution < 1.29 is 24.4 Å². The van der Waals surface area contributed by atoms with Gasteiger partial charge in [0.1, 0.15) is 0 Å². The monoisotopic (exact) mass is 630 g/mol. The minimum Gasteiger partial charge on any atom is -0.390 e. The summed E-state index contributed by atoms with van der Waals surface area (Å²) in [4.78, 5) is 0. The lowest BCUT2D eigenvalue weighted by Crippen LogP contribution is -2.61.